The van der Waals surface area contributed by atoms with Crippen LogP contribution in [0.4, 0.5) is 10.1 Å². The van der Waals surface area contributed by atoms with Crippen LogP contribution in [0, 0.1) is 17.7 Å². The van der Waals surface area contributed by atoms with E-state index in [1.165, 1.54) is 54.0 Å². The summed E-state index contributed by atoms with van der Waals surface area (Å²) in [5, 5.41) is 3.48. The Labute approximate surface area is 207 Å². The molecule has 2 heterocycles. The van der Waals surface area contributed by atoms with Crippen LogP contribution in [0.1, 0.15) is 50.1 Å². The second kappa shape index (κ2) is 11.1. The number of rotatable bonds is 6. The maximum Gasteiger partial charge on any atom is 0.220 e. The first-order valence-electron chi connectivity index (χ1n) is 12.9. The van der Waals surface area contributed by atoms with Crippen molar-refractivity contribution in [2.24, 2.45) is 11.8 Å². The van der Waals surface area contributed by atoms with Gasteiger partial charge >= 0.3 is 0 Å². The van der Waals surface area contributed by atoms with Crippen LogP contribution in [0.5, 0.6) is 0 Å². The minimum absolute atomic E-state index is 0.156. The average molecular weight is 482 g/mol. The standard InChI is InChI=1S/C28H36FN3OS/c29-22-11-13-23(14-12-22)32-18-16-31(17-19-32)15-5-10-27(33)30-28-24-7-2-1-6-21(24)20-34-26-9-4-3-8-25(26)28/h3-4,8-9,11-14,21,24,28H,1-2,5-7,10,15-20H2,(H,30,33)/t21-,24-,28-/m0/s1. The maximum absolute atomic E-state index is 13.2. The van der Waals surface area contributed by atoms with Crippen LogP contribution in [-0.2, 0) is 4.79 Å². The van der Waals surface area contributed by atoms with E-state index in [0.29, 0.717) is 18.3 Å². The largest absolute Gasteiger partial charge is 0.369 e. The quantitative estimate of drug-likeness (QED) is 0.591. The number of thioether (sulfide) groups is 1. The Morgan fingerprint density at radius 2 is 1.76 bits per heavy atom. The third-order valence-corrected chi connectivity index (χ3v) is 9.14. The van der Waals surface area contributed by atoms with Crippen LogP contribution in [0.25, 0.3) is 0 Å². The van der Waals surface area contributed by atoms with Gasteiger partial charge in [0.2, 0.25) is 5.91 Å². The number of hydrogen-bond acceptors (Lipinski definition) is 4. The first-order valence-corrected chi connectivity index (χ1v) is 13.9. The van der Waals surface area contributed by atoms with Crippen molar-refractivity contribution in [3.05, 3.63) is 59.9 Å². The van der Waals surface area contributed by atoms with E-state index < -0.39 is 0 Å². The number of halogens is 1. The number of nitrogens with one attached hydrogen (secondary N) is 1. The van der Waals surface area contributed by atoms with Gasteiger partial charge in [-0.15, -0.1) is 11.8 Å². The molecule has 2 aromatic rings. The molecule has 0 spiro atoms. The van der Waals surface area contributed by atoms with Crippen molar-refractivity contribution in [3.63, 3.8) is 0 Å². The summed E-state index contributed by atoms with van der Waals surface area (Å²) in [7, 11) is 0. The van der Waals surface area contributed by atoms with E-state index in [0.717, 1.165) is 44.8 Å². The van der Waals surface area contributed by atoms with Gasteiger partial charge in [0.25, 0.3) is 0 Å². The lowest BCUT2D eigenvalue weighted by Gasteiger charge is -2.36. The highest BCUT2D eigenvalue weighted by molar-refractivity contribution is 7.99. The molecule has 1 saturated carbocycles. The highest BCUT2D eigenvalue weighted by Crippen LogP contribution is 2.46. The van der Waals surface area contributed by atoms with Gasteiger partial charge in [0, 0.05) is 48.9 Å². The Balaban J connectivity index is 1.11. The van der Waals surface area contributed by atoms with Gasteiger partial charge < -0.3 is 10.2 Å². The first kappa shape index (κ1) is 23.7. The lowest BCUT2D eigenvalue weighted by Crippen LogP contribution is -2.46. The molecule has 182 valence electrons. The molecule has 5 rings (SSSR count). The summed E-state index contributed by atoms with van der Waals surface area (Å²) in [6.07, 6.45) is 6.60. The highest BCUT2D eigenvalue weighted by Gasteiger charge is 2.37. The van der Waals surface area contributed by atoms with Crippen LogP contribution in [0.15, 0.2) is 53.4 Å². The predicted molar refractivity (Wildman–Crippen MR) is 138 cm³/mol. The second-order valence-electron chi connectivity index (χ2n) is 10.0. The molecule has 3 aliphatic rings. The summed E-state index contributed by atoms with van der Waals surface area (Å²) in [5.74, 6) is 2.45. The summed E-state index contributed by atoms with van der Waals surface area (Å²) >= 11 is 1.98. The Kier molecular flexibility index (Phi) is 7.75. The van der Waals surface area contributed by atoms with Crippen molar-refractivity contribution in [1.29, 1.82) is 0 Å². The minimum atomic E-state index is -0.189. The van der Waals surface area contributed by atoms with E-state index in [4.69, 9.17) is 0 Å². The molecule has 3 atom stereocenters. The molecule has 1 saturated heterocycles. The van der Waals surface area contributed by atoms with Crippen molar-refractivity contribution in [2.45, 2.75) is 49.5 Å². The van der Waals surface area contributed by atoms with E-state index >= 15 is 0 Å². The summed E-state index contributed by atoms with van der Waals surface area (Å²) in [6, 6.07) is 15.6. The minimum Gasteiger partial charge on any atom is -0.369 e. The van der Waals surface area contributed by atoms with Crippen molar-refractivity contribution in [2.75, 3.05) is 43.4 Å². The van der Waals surface area contributed by atoms with E-state index in [2.05, 4.69) is 39.4 Å². The van der Waals surface area contributed by atoms with Crippen molar-refractivity contribution in [3.8, 4) is 0 Å². The van der Waals surface area contributed by atoms with Crippen molar-refractivity contribution in [1.82, 2.24) is 10.2 Å². The Hall–Kier alpha value is -2.05. The normalized spacial score (nSPS) is 25.2. The molecule has 2 fully saturated rings. The van der Waals surface area contributed by atoms with Crippen LogP contribution in [-0.4, -0.2) is 49.3 Å². The van der Waals surface area contributed by atoms with Crippen LogP contribution < -0.4 is 10.2 Å². The Morgan fingerprint density at radius 1 is 1.00 bits per heavy atom. The van der Waals surface area contributed by atoms with Gasteiger partial charge in [-0.2, -0.15) is 0 Å². The zero-order chi connectivity index (χ0) is 23.3. The molecule has 0 radical (unpaired) electrons. The average Bonchev–Trinajstić information content (AvgIpc) is 3.02. The molecule has 34 heavy (non-hydrogen) atoms. The smallest absolute Gasteiger partial charge is 0.220 e. The molecular formula is C28H36FN3OS. The fraction of sp³-hybridized carbons (Fsp3) is 0.536. The molecule has 1 aliphatic carbocycles. The Bertz CT molecular complexity index is 960. The van der Waals surface area contributed by atoms with Crippen LogP contribution in [0.2, 0.25) is 0 Å². The van der Waals surface area contributed by atoms with Gasteiger partial charge in [0.05, 0.1) is 6.04 Å². The number of anilines is 1. The summed E-state index contributed by atoms with van der Waals surface area (Å²) in [4.78, 5) is 19.1. The van der Waals surface area contributed by atoms with Gasteiger partial charge in [-0.1, -0.05) is 31.0 Å². The monoisotopic (exact) mass is 481 g/mol. The van der Waals surface area contributed by atoms with E-state index in [1.807, 2.05) is 23.9 Å². The maximum atomic E-state index is 13.2. The number of amides is 1. The van der Waals surface area contributed by atoms with Crippen molar-refractivity contribution >= 4 is 23.4 Å². The number of fused-ring (bicyclic) bond motifs is 2. The number of hydrogen-bond donors (Lipinski definition) is 1. The van der Waals surface area contributed by atoms with Gasteiger partial charge in [-0.25, -0.2) is 4.39 Å². The Morgan fingerprint density at radius 3 is 2.59 bits per heavy atom. The molecule has 0 bridgehead atoms. The van der Waals surface area contributed by atoms with Gasteiger partial charge in [-0.3, -0.25) is 9.69 Å². The summed E-state index contributed by atoms with van der Waals surface area (Å²) in [6.45, 7) is 4.80. The molecule has 6 heteroatoms. The van der Waals surface area contributed by atoms with Crippen LogP contribution >= 0.6 is 11.8 Å². The fourth-order valence-corrected chi connectivity index (χ4v) is 7.30. The lowest BCUT2D eigenvalue weighted by molar-refractivity contribution is -0.122. The van der Waals surface area contributed by atoms with E-state index in [9.17, 15) is 9.18 Å². The molecule has 1 N–H and O–H groups in total. The molecule has 0 aromatic heterocycles. The third-order valence-electron chi connectivity index (χ3n) is 7.86. The number of nitrogens with zero attached hydrogens (tertiary/aromatic N) is 2. The SMILES string of the molecule is O=C(CCCN1CCN(c2ccc(F)cc2)CC1)N[C@@H]1c2ccccc2SC[C@@H]2CCCC[C@@H]21. The fourth-order valence-electron chi connectivity index (χ4n) is 5.95. The van der Waals surface area contributed by atoms with Gasteiger partial charge in [-0.05, 0) is 73.5 Å². The molecule has 0 unspecified atom stereocenters. The molecule has 2 aromatic carbocycles. The van der Waals surface area contributed by atoms with Gasteiger partial charge in [0.15, 0.2) is 0 Å². The molecule has 4 nitrogen and oxygen atoms in total. The first-order chi connectivity index (χ1) is 16.7. The van der Waals surface area contributed by atoms with E-state index in [1.54, 1.807) is 0 Å². The topological polar surface area (TPSA) is 35.6 Å². The summed E-state index contributed by atoms with van der Waals surface area (Å²) < 4.78 is 13.2. The third kappa shape index (κ3) is 5.60. The zero-order valence-corrected chi connectivity index (χ0v) is 20.7. The van der Waals surface area contributed by atoms with Crippen LogP contribution in [0.3, 0.4) is 0 Å². The highest BCUT2D eigenvalue weighted by atomic mass is 32.2. The van der Waals surface area contributed by atoms with Gasteiger partial charge in [0.1, 0.15) is 5.82 Å². The number of carbonyl (C=O) groups excluding carboxylic acids is 1. The number of piperazine rings is 1. The predicted octanol–water partition coefficient (Wildman–Crippen LogP) is 5.50. The molecule has 2 aliphatic heterocycles. The molecular weight excluding hydrogens is 445 g/mol. The second-order valence-corrected chi connectivity index (χ2v) is 11.1. The van der Waals surface area contributed by atoms with E-state index in [-0.39, 0.29) is 17.8 Å². The lowest BCUT2D eigenvalue weighted by atomic mass is 9.74. The number of benzene rings is 2. The number of carbonyl (C=O) groups is 1. The summed E-state index contributed by atoms with van der Waals surface area (Å²) in [5.41, 5.74) is 2.41. The molecule has 1 amide bonds. The van der Waals surface area contributed by atoms with Crippen molar-refractivity contribution < 1.29 is 9.18 Å². The zero-order valence-electron chi connectivity index (χ0n) is 19.9.